The summed E-state index contributed by atoms with van der Waals surface area (Å²) in [5.74, 6) is -1.71. The van der Waals surface area contributed by atoms with E-state index in [1.54, 1.807) is 27.6 Å². The molecule has 8 heteroatoms. The average molecular weight is 541 g/mol. The predicted octanol–water partition coefficient (Wildman–Crippen LogP) is 4.20. The van der Waals surface area contributed by atoms with E-state index in [2.05, 4.69) is 13.2 Å². The van der Waals surface area contributed by atoms with Gasteiger partial charge >= 0.3 is 5.97 Å². The van der Waals surface area contributed by atoms with E-state index >= 15 is 0 Å². The number of aliphatic hydroxyl groups is 1. The maximum atomic E-state index is 14.6. The maximum Gasteiger partial charge on any atom is 0.311 e. The molecule has 0 aromatic heterocycles. The van der Waals surface area contributed by atoms with Crippen LogP contribution in [0.5, 0.6) is 0 Å². The first-order valence-corrected chi connectivity index (χ1v) is 14.5. The van der Waals surface area contributed by atoms with E-state index in [-0.39, 0.29) is 36.2 Å². The average Bonchev–Trinajstić information content (AvgIpc) is 3.54. The summed E-state index contributed by atoms with van der Waals surface area (Å²) in [4.78, 5) is 45.3. The Morgan fingerprint density at radius 2 is 1.97 bits per heavy atom. The number of anilines is 1. The quantitative estimate of drug-likeness (QED) is 0.229. The minimum atomic E-state index is -0.662. The number of nitrogens with zero attached hydrogens (tertiary/aromatic N) is 2. The molecule has 0 aliphatic carbocycles. The molecule has 2 unspecified atom stereocenters. The first-order valence-electron chi connectivity index (χ1n) is 13.7. The Morgan fingerprint density at radius 3 is 2.68 bits per heavy atom. The molecule has 3 aliphatic rings. The van der Waals surface area contributed by atoms with Crippen LogP contribution in [0.15, 0.2) is 43.5 Å². The molecule has 1 spiro atoms. The number of rotatable bonds is 13. The zero-order valence-corrected chi connectivity index (χ0v) is 23.4. The van der Waals surface area contributed by atoms with Gasteiger partial charge in [0, 0.05) is 30.6 Å². The SMILES string of the molecule is C=CCOC(=O)[C@@H]1[C@H]2C(=O)N(CCCCCCO)C(C(=O)N(CC=C)c3cc(C)ccc3C)C23CC[C@H]1S3. The second kappa shape index (κ2) is 12.1. The van der Waals surface area contributed by atoms with Crippen LogP contribution in [-0.4, -0.2) is 70.1 Å². The highest BCUT2D eigenvalue weighted by Crippen LogP contribution is 2.66. The standard InChI is InChI=1S/C30H40N2O5S/c1-5-15-31(22-19-20(3)11-12-21(22)4)28(35)26-30-14-13-23(38-30)24(29(36)37-18-6-2)25(30)27(34)32(26)16-9-7-8-10-17-33/h5-6,11-12,19,23-26,33H,1-2,7-10,13-18H2,3-4H3/t23-,24+,25+,26?,30?/m1/s1. The zero-order chi connectivity index (χ0) is 27.4. The topological polar surface area (TPSA) is 87.1 Å². The number of amides is 2. The largest absolute Gasteiger partial charge is 0.461 e. The molecule has 1 aromatic rings. The van der Waals surface area contributed by atoms with Crippen molar-refractivity contribution in [2.75, 3.05) is 31.2 Å². The van der Waals surface area contributed by atoms with Crippen molar-refractivity contribution >= 4 is 35.2 Å². The summed E-state index contributed by atoms with van der Waals surface area (Å²) >= 11 is 1.65. The van der Waals surface area contributed by atoms with Crippen molar-refractivity contribution in [2.45, 2.75) is 68.4 Å². The lowest BCUT2D eigenvalue weighted by atomic mass is 9.71. The first-order chi connectivity index (χ1) is 18.3. The van der Waals surface area contributed by atoms with Gasteiger partial charge in [0.15, 0.2) is 0 Å². The van der Waals surface area contributed by atoms with Crippen LogP contribution in [0.2, 0.25) is 0 Å². The molecule has 3 heterocycles. The Hall–Kier alpha value is -2.58. The minimum absolute atomic E-state index is 0.0307. The van der Waals surface area contributed by atoms with Gasteiger partial charge in [0.05, 0.1) is 16.6 Å². The maximum absolute atomic E-state index is 14.6. The van der Waals surface area contributed by atoms with Crippen LogP contribution >= 0.6 is 11.8 Å². The van der Waals surface area contributed by atoms with Crippen molar-refractivity contribution in [2.24, 2.45) is 11.8 Å². The summed E-state index contributed by atoms with van der Waals surface area (Å²) in [5.41, 5.74) is 2.85. The van der Waals surface area contributed by atoms with Crippen molar-refractivity contribution < 1.29 is 24.2 Å². The normalized spacial score (nSPS) is 27.3. The van der Waals surface area contributed by atoms with Gasteiger partial charge in [0.1, 0.15) is 12.6 Å². The van der Waals surface area contributed by atoms with Crippen LogP contribution < -0.4 is 4.90 Å². The van der Waals surface area contributed by atoms with Crippen molar-refractivity contribution in [3.63, 3.8) is 0 Å². The number of esters is 1. The summed E-state index contributed by atoms with van der Waals surface area (Å²) in [6.45, 7) is 12.6. The smallest absolute Gasteiger partial charge is 0.311 e. The number of likely N-dealkylation sites (tertiary alicyclic amines) is 1. The summed E-state index contributed by atoms with van der Waals surface area (Å²) in [6.07, 6.45) is 7.94. The van der Waals surface area contributed by atoms with Crippen LogP contribution in [-0.2, 0) is 19.1 Å². The summed E-state index contributed by atoms with van der Waals surface area (Å²) in [6, 6.07) is 5.38. The van der Waals surface area contributed by atoms with E-state index < -0.39 is 22.6 Å². The predicted molar refractivity (Wildman–Crippen MR) is 151 cm³/mol. The van der Waals surface area contributed by atoms with E-state index in [1.165, 1.54) is 6.08 Å². The van der Waals surface area contributed by atoms with Crippen LogP contribution in [0.25, 0.3) is 0 Å². The summed E-state index contributed by atoms with van der Waals surface area (Å²) in [7, 11) is 0. The highest BCUT2D eigenvalue weighted by Gasteiger charge is 2.74. The zero-order valence-electron chi connectivity index (χ0n) is 22.6. The number of aryl methyl sites for hydroxylation is 2. The molecule has 1 aromatic carbocycles. The summed E-state index contributed by atoms with van der Waals surface area (Å²) in [5, 5.41) is 9.11. The van der Waals surface area contributed by atoms with Crippen molar-refractivity contribution in [1.82, 2.24) is 4.90 Å². The lowest BCUT2D eigenvalue weighted by Gasteiger charge is -2.37. The van der Waals surface area contributed by atoms with Gasteiger partial charge in [0.25, 0.3) is 5.91 Å². The van der Waals surface area contributed by atoms with Gasteiger partial charge in [-0.1, -0.05) is 43.7 Å². The number of aliphatic hydroxyl groups excluding tert-OH is 1. The van der Waals surface area contributed by atoms with E-state index in [4.69, 9.17) is 9.84 Å². The van der Waals surface area contributed by atoms with Crippen molar-refractivity contribution in [3.8, 4) is 0 Å². The molecule has 3 fully saturated rings. The van der Waals surface area contributed by atoms with Crippen molar-refractivity contribution in [1.29, 1.82) is 0 Å². The molecule has 2 bridgehead atoms. The van der Waals surface area contributed by atoms with Crippen molar-refractivity contribution in [3.05, 3.63) is 54.6 Å². The number of ether oxygens (including phenoxy) is 1. The Morgan fingerprint density at radius 1 is 1.21 bits per heavy atom. The molecule has 5 atom stereocenters. The highest BCUT2D eigenvalue weighted by molar-refractivity contribution is 8.02. The number of fused-ring (bicyclic) bond motifs is 1. The third-order valence-electron chi connectivity index (χ3n) is 8.19. The Balaban J connectivity index is 1.72. The lowest BCUT2D eigenvalue weighted by Crippen LogP contribution is -2.55. The second-order valence-corrected chi connectivity index (χ2v) is 12.3. The number of benzene rings is 1. The molecular formula is C30H40N2O5S. The molecule has 206 valence electrons. The fraction of sp³-hybridized carbons (Fsp3) is 0.567. The third kappa shape index (κ3) is 5.05. The van der Waals surface area contributed by atoms with Gasteiger partial charge in [-0.3, -0.25) is 14.4 Å². The molecule has 1 N–H and O–H groups in total. The van der Waals surface area contributed by atoms with Gasteiger partial charge in [-0.05, 0) is 56.7 Å². The lowest BCUT2D eigenvalue weighted by molar-refractivity contribution is -0.153. The Bertz CT molecular complexity index is 1090. The number of unbranched alkanes of at least 4 members (excludes halogenated alkanes) is 3. The second-order valence-electron chi connectivity index (χ2n) is 10.7. The van der Waals surface area contributed by atoms with E-state index in [0.717, 1.165) is 55.3 Å². The monoisotopic (exact) mass is 540 g/mol. The number of carbonyl (C=O) groups excluding carboxylic acids is 3. The fourth-order valence-electron chi connectivity index (χ4n) is 6.52. The highest BCUT2D eigenvalue weighted by atomic mass is 32.2. The molecule has 3 aliphatic heterocycles. The number of hydrogen-bond acceptors (Lipinski definition) is 6. The Labute approximate surface area is 230 Å². The number of carbonyl (C=O) groups is 3. The van der Waals surface area contributed by atoms with E-state index in [0.29, 0.717) is 13.1 Å². The third-order valence-corrected chi connectivity index (χ3v) is 10.1. The minimum Gasteiger partial charge on any atom is -0.461 e. The van der Waals surface area contributed by atoms with Gasteiger partial charge in [-0.25, -0.2) is 0 Å². The summed E-state index contributed by atoms with van der Waals surface area (Å²) < 4.78 is 4.79. The molecule has 0 saturated carbocycles. The fourth-order valence-corrected chi connectivity index (χ4v) is 8.72. The number of thioether (sulfide) groups is 1. The molecule has 38 heavy (non-hydrogen) atoms. The van der Waals surface area contributed by atoms with E-state index in [1.807, 2.05) is 32.0 Å². The van der Waals surface area contributed by atoms with Gasteiger partial charge in [-0.2, -0.15) is 0 Å². The van der Waals surface area contributed by atoms with Gasteiger partial charge < -0.3 is 19.6 Å². The van der Waals surface area contributed by atoms with Crippen LogP contribution in [0.1, 0.15) is 49.7 Å². The number of hydrogen-bond donors (Lipinski definition) is 1. The molecular weight excluding hydrogens is 500 g/mol. The molecule has 4 rings (SSSR count). The Kier molecular flexibility index (Phi) is 9.04. The molecule has 0 radical (unpaired) electrons. The molecule has 2 amide bonds. The van der Waals surface area contributed by atoms with Crippen LogP contribution in [0, 0.1) is 25.7 Å². The van der Waals surface area contributed by atoms with Crippen LogP contribution in [0.3, 0.4) is 0 Å². The molecule has 7 nitrogen and oxygen atoms in total. The van der Waals surface area contributed by atoms with Gasteiger partial charge in [0.2, 0.25) is 5.91 Å². The van der Waals surface area contributed by atoms with Gasteiger partial charge in [-0.15, -0.1) is 18.3 Å². The first kappa shape index (κ1) is 28.4. The van der Waals surface area contributed by atoms with E-state index in [9.17, 15) is 14.4 Å². The van der Waals surface area contributed by atoms with Crippen LogP contribution in [0.4, 0.5) is 5.69 Å². The molecule has 3 saturated heterocycles.